The topological polar surface area (TPSA) is 49.7 Å². The molecule has 0 fully saturated rings. The van der Waals surface area contributed by atoms with E-state index in [1.807, 2.05) is 36.4 Å². The highest BCUT2D eigenvalue weighted by Crippen LogP contribution is 2.39. The van der Waals surface area contributed by atoms with Crippen LogP contribution in [0.2, 0.25) is 0 Å². The van der Waals surface area contributed by atoms with E-state index in [0.29, 0.717) is 6.42 Å². The van der Waals surface area contributed by atoms with Crippen molar-refractivity contribution in [2.45, 2.75) is 18.6 Å². The van der Waals surface area contributed by atoms with Crippen LogP contribution in [-0.2, 0) is 4.74 Å². The molecule has 2 atom stereocenters. The molecule has 3 nitrogen and oxygen atoms in total. The van der Waals surface area contributed by atoms with Crippen molar-refractivity contribution in [3.05, 3.63) is 71.8 Å². The number of hydrogen-bond acceptors (Lipinski definition) is 3. The molecule has 102 valence electrons. The van der Waals surface area contributed by atoms with Crippen LogP contribution in [0.4, 0.5) is 0 Å². The Labute approximate surface area is 117 Å². The average molecular weight is 268 g/mol. The van der Waals surface area contributed by atoms with Gasteiger partial charge in [-0.1, -0.05) is 48.6 Å². The molecule has 0 radical (unpaired) electrons. The van der Waals surface area contributed by atoms with Gasteiger partial charge in [0, 0.05) is 11.1 Å². The van der Waals surface area contributed by atoms with Gasteiger partial charge in [0.25, 0.3) is 0 Å². The number of ether oxygens (including phenoxy) is 1. The summed E-state index contributed by atoms with van der Waals surface area (Å²) < 4.78 is 6.01. The predicted octanol–water partition coefficient (Wildman–Crippen LogP) is 3.86. The second-order valence-electron chi connectivity index (χ2n) is 4.83. The normalized spacial score (nSPS) is 21.8. The van der Waals surface area contributed by atoms with Crippen LogP contribution in [0, 0.1) is 0 Å². The summed E-state index contributed by atoms with van der Waals surface area (Å²) in [4.78, 5) is 0. The number of rotatable bonds is 2. The Morgan fingerprint density at radius 3 is 2.10 bits per heavy atom. The van der Waals surface area contributed by atoms with Crippen LogP contribution in [0.1, 0.15) is 29.8 Å². The summed E-state index contributed by atoms with van der Waals surface area (Å²) in [5, 5.41) is 19.8. The van der Waals surface area contributed by atoms with Gasteiger partial charge < -0.3 is 14.9 Å². The van der Waals surface area contributed by atoms with Crippen LogP contribution in [0.25, 0.3) is 0 Å². The monoisotopic (exact) mass is 268 g/mol. The third-order valence-corrected chi connectivity index (χ3v) is 3.50. The predicted molar refractivity (Wildman–Crippen MR) is 76.5 cm³/mol. The highest BCUT2D eigenvalue weighted by Gasteiger charge is 2.24. The lowest BCUT2D eigenvalue weighted by atomic mass is 9.99. The van der Waals surface area contributed by atoms with E-state index in [4.69, 9.17) is 4.74 Å². The zero-order valence-electron chi connectivity index (χ0n) is 10.9. The van der Waals surface area contributed by atoms with Gasteiger partial charge in [0.05, 0.1) is 6.10 Å². The van der Waals surface area contributed by atoms with Crippen molar-refractivity contribution in [2.75, 3.05) is 0 Å². The van der Waals surface area contributed by atoms with Crippen LogP contribution in [0.5, 0.6) is 11.5 Å². The Hall–Kier alpha value is -2.26. The quantitative estimate of drug-likeness (QED) is 0.813. The summed E-state index contributed by atoms with van der Waals surface area (Å²) >= 11 is 0. The minimum Gasteiger partial charge on any atom is -0.508 e. The number of para-hydroxylation sites is 2. The largest absolute Gasteiger partial charge is 0.508 e. The number of hydrogen-bond donors (Lipinski definition) is 2. The lowest BCUT2D eigenvalue weighted by Gasteiger charge is -2.27. The Morgan fingerprint density at radius 1 is 0.850 bits per heavy atom. The van der Waals surface area contributed by atoms with Gasteiger partial charge in [-0.2, -0.15) is 0 Å². The molecular weight excluding hydrogens is 252 g/mol. The van der Waals surface area contributed by atoms with Gasteiger partial charge in [-0.15, -0.1) is 0 Å². The summed E-state index contributed by atoms with van der Waals surface area (Å²) in [6, 6.07) is 14.3. The van der Waals surface area contributed by atoms with Crippen LogP contribution >= 0.6 is 0 Å². The molecule has 20 heavy (non-hydrogen) atoms. The van der Waals surface area contributed by atoms with E-state index in [1.54, 1.807) is 24.3 Å². The van der Waals surface area contributed by atoms with Crippen LogP contribution < -0.4 is 0 Å². The molecular formula is C17H16O3. The lowest BCUT2D eigenvalue weighted by molar-refractivity contribution is 0.00149. The lowest BCUT2D eigenvalue weighted by Crippen LogP contribution is -2.12. The molecule has 2 N–H and O–H groups in total. The maximum Gasteiger partial charge on any atom is 0.121 e. The van der Waals surface area contributed by atoms with Gasteiger partial charge in [-0.3, -0.25) is 0 Å². The molecule has 0 amide bonds. The molecule has 1 heterocycles. The molecule has 0 saturated carbocycles. The van der Waals surface area contributed by atoms with E-state index in [-0.39, 0.29) is 23.7 Å². The molecule has 0 spiro atoms. The van der Waals surface area contributed by atoms with Crippen LogP contribution in [0.15, 0.2) is 60.7 Å². The fraction of sp³-hybridized carbons (Fsp3) is 0.176. The molecule has 0 aromatic heterocycles. The number of phenols is 2. The summed E-state index contributed by atoms with van der Waals surface area (Å²) in [5.74, 6) is 0.462. The van der Waals surface area contributed by atoms with Crippen LogP contribution in [0.3, 0.4) is 0 Å². The Kier molecular flexibility index (Phi) is 3.44. The van der Waals surface area contributed by atoms with Crippen molar-refractivity contribution in [3.63, 3.8) is 0 Å². The highest BCUT2D eigenvalue weighted by atomic mass is 16.5. The molecule has 2 aromatic rings. The second kappa shape index (κ2) is 5.39. The number of aromatic hydroxyl groups is 2. The van der Waals surface area contributed by atoms with E-state index >= 15 is 0 Å². The van der Waals surface area contributed by atoms with Gasteiger partial charge in [0.1, 0.15) is 17.6 Å². The van der Waals surface area contributed by atoms with Crippen molar-refractivity contribution in [1.29, 1.82) is 0 Å². The van der Waals surface area contributed by atoms with Gasteiger partial charge >= 0.3 is 0 Å². The second-order valence-corrected chi connectivity index (χ2v) is 4.83. The summed E-state index contributed by atoms with van der Waals surface area (Å²) in [6.45, 7) is 0. The Bertz CT molecular complexity index is 634. The molecule has 3 rings (SSSR count). The van der Waals surface area contributed by atoms with E-state index in [2.05, 4.69) is 0 Å². The molecule has 1 aliphatic heterocycles. The molecule has 0 aliphatic carbocycles. The Morgan fingerprint density at radius 2 is 1.45 bits per heavy atom. The smallest absolute Gasteiger partial charge is 0.121 e. The minimum absolute atomic E-state index is 0.203. The summed E-state index contributed by atoms with van der Waals surface area (Å²) in [5.41, 5.74) is 1.51. The third kappa shape index (κ3) is 2.40. The van der Waals surface area contributed by atoms with Crippen molar-refractivity contribution in [3.8, 4) is 11.5 Å². The fourth-order valence-corrected chi connectivity index (χ4v) is 2.47. The number of phenolic OH excluding ortho intramolecular Hbond substituents is 2. The Balaban J connectivity index is 1.88. The first-order valence-electron chi connectivity index (χ1n) is 6.63. The van der Waals surface area contributed by atoms with Crippen LogP contribution in [-0.4, -0.2) is 10.2 Å². The standard InChI is InChI=1S/C17H16O3/c18-14-8-3-1-6-12(14)16-10-5-11-17(20-16)13-7-2-4-9-15(13)19/h1-10,16-19H,11H2. The molecule has 2 aromatic carbocycles. The summed E-state index contributed by atoms with van der Waals surface area (Å²) in [7, 11) is 0. The molecule has 3 heteroatoms. The van der Waals surface area contributed by atoms with Crippen molar-refractivity contribution >= 4 is 0 Å². The van der Waals surface area contributed by atoms with Gasteiger partial charge in [-0.05, 0) is 18.6 Å². The maximum atomic E-state index is 9.92. The first-order chi connectivity index (χ1) is 9.75. The zero-order valence-corrected chi connectivity index (χ0v) is 10.9. The van der Waals surface area contributed by atoms with E-state index in [1.165, 1.54) is 0 Å². The first kappa shape index (κ1) is 12.8. The number of benzene rings is 2. The van der Waals surface area contributed by atoms with Gasteiger partial charge in [-0.25, -0.2) is 0 Å². The fourth-order valence-electron chi connectivity index (χ4n) is 2.47. The maximum absolute atomic E-state index is 9.92. The summed E-state index contributed by atoms with van der Waals surface area (Å²) in [6.07, 6.45) is 4.17. The zero-order chi connectivity index (χ0) is 13.9. The average Bonchev–Trinajstić information content (AvgIpc) is 2.48. The van der Waals surface area contributed by atoms with Gasteiger partial charge in [0.15, 0.2) is 0 Å². The van der Waals surface area contributed by atoms with Crippen molar-refractivity contribution in [2.24, 2.45) is 0 Å². The first-order valence-corrected chi connectivity index (χ1v) is 6.63. The SMILES string of the molecule is Oc1ccccc1C1C=CCC(c2ccccc2O)O1. The van der Waals surface area contributed by atoms with Gasteiger partial charge in [0.2, 0.25) is 0 Å². The highest BCUT2D eigenvalue weighted by molar-refractivity contribution is 5.38. The molecule has 2 unspecified atom stereocenters. The van der Waals surface area contributed by atoms with Crippen molar-refractivity contribution in [1.82, 2.24) is 0 Å². The molecule has 0 saturated heterocycles. The molecule has 1 aliphatic rings. The minimum atomic E-state index is -0.297. The van der Waals surface area contributed by atoms with Crippen molar-refractivity contribution < 1.29 is 14.9 Å². The van der Waals surface area contributed by atoms with E-state index in [9.17, 15) is 10.2 Å². The third-order valence-electron chi connectivity index (χ3n) is 3.50. The molecule has 0 bridgehead atoms. The van der Waals surface area contributed by atoms with E-state index < -0.39 is 0 Å². The van der Waals surface area contributed by atoms with E-state index in [0.717, 1.165) is 11.1 Å².